The maximum Gasteiger partial charge on any atom is 0.176 e. The minimum Gasteiger partial charge on any atom is -0.506 e. The topological polar surface area (TPSA) is 40.5 Å². The first kappa shape index (κ1) is 9.86. The van der Waals surface area contributed by atoms with E-state index in [2.05, 4.69) is 15.9 Å². The lowest BCUT2D eigenvalue weighted by Gasteiger charge is -2.12. The van der Waals surface area contributed by atoms with Crippen LogP contribution >= 0.6 is 15.9 Å². The molecule has 2 rings (SSSR count). The molecule has 0 aliphatic heterocycles. The maximum absolute atomic E-state index is 13.0. The molecule has 0 bridgehead atoms. The van der Waals surface area contributed by atoms with E-state index < -0.39 is 23.0 Å². The second kappa shape index (κ2) is 2.90. The Morgan fingerprint density at radius 3 is 2.43 bits per heavy atom. The van der Waals surface area contributed by atoms with E-state index in [4.69, 9.17) is 0 Å². The van der Waals surface area contributed by atoms with Crippen LogP contribution in [0.3, 0.4) is 0 Å². The predicted molar refractivity (Wildman–Crippen MR) is 48.9 cm³/mol. The van der Waals surface area contributed by atoms with E-state index in [1.54, 1.807) is 0 Å². The Balaban J connectivity index is 2.62. The lowest BCUT2D eigenvalue weighted by Crippen LogP contribution is -2.06. The highest BCUT2D eigenvalue weighted by atomic mass is 79.9. The summed E-state index contributed by atoms with van der Waals surface area (Å²) in [6, 6.07) is 0.836. The summed E-state index contributed by atoms with van der Waals surface area (Å²) in [7, 11) is 0. The molecule has 1 fully saturated rings. The van der Waals surface area contributed by atoms with Gasteiger partial charge < -0.3 is 10.2 Å². The highest BCUT2D eigenvalue weighted by molar-refractivity contribution is 9.10. The van der Waals surface area contributed by atoms with Crippen LogP contribution in [-0.2, 0) is 5.60 Å². The third-order valence-corrected chi connectivity index (χ3v) is 3.09. The lowest BCUT2D eigenvalue weighted by molar-refractivity contribution is 0.147. The van der Waals surface area contributed by atoms with Crippen molar-refractivity contribution in [2.24, 2.45) is 0 Å². The summed E-state index contributed by atoms with van der Waals surface area (Å²) in [4.78, 5) is 0. The smallest absolute Gasteiger partial charge is 0.176 e. The minimum absolute atomic E-state index is 0.0447. The van der Waals surface area contributed by atoms with Gasteiger partial charge >= 0.3 is 0 Å². The Morgan fingerprint density at radius 1 is 1.36 bits per heavy atom. The first-order valence-corrected chi connectivity index (χ1v) is 4.84. The number of hydrogen-bond acceptors (Lipinski definition) is 2. The minimum atomic E-state index is -1.18. The van der Waals surface area contributed by atoms with E-state index in [-0.39, 0.29) is 10.0 Å². The Morgan fingerprint density at radius 2 is 1.93 bits per heavy atom. The van der Waals surface area contributed by atoms with Crippen LogP contribution in [0.2, 0.25) is 0 Å². The first-order valence-electron chi connectivity index (χ1n) is 4.05. The largest absolute Gasteiger partial charge is 0.506 e. The molecule has 0 heterocycles. The molecule has 0 spiro atoms. The normalized spacial score (nSPS) is 18.3. The quantitative estimate of drug-likeness (QED) is 0.765. The molecule has 14 heavy (non-hydrogen) atoms. The van der Waals surface area contributed by atoms with Crippen LogP contribution in [0, 0.1) is 11.6 Å². The summed E-state index contributed by atoms with van der Waals surface area (Å²) < 4.78 is 25.5. The summed E-state index contributed by atoms with van der Waals surface area (Å²) >= 11 is 2.72. The molecule has 1 aromatic rings. The highest BCUT2D eigenvalue weighted by Crippen LogP contribution is 2.50. The number of phenolic OH excluding ortho intramolecular Hbond substituents is 1. The van der Waals surface area contributed by atoms with Crippen LogP contribution in [0.25, 0.3) is 0 Å². The fraction of sp³-hybridized carbons (Fsp3) is 0.333. The van der Waals surface area contributed by atoms with Crippen LogP contribution in [0.4, 0.5) is 8.78 Å². The van der Waals surface area contributed by atoms with Crippen molar-refractivity contribution in [3.05, 3.63) is 27.7 Å². The molecule has 1 saturated carbocycles. The summed E-state index contributed by atoms with van der Waals surface area (Å²) in [5.74, 6) is -2.65. The van der Waals surface area contributed by atoms with Gasteiger partial charge in [0, 0.05) is 5.56 Å². The zero-order chi connectivity index (χ0) is 10.5. The van der Waals surface area contributed by atoms with Crippen LogP contribution in [0.5, 0.6) is 5.75 Å². The molecule has 0 saturated heterocycles. The van der Waals surface area contributed by atoms with Gasteiger partial charge in [0.15, 0.2) is 11.6 Å². The van der Waals surface area contributed by atoms with Crippen LogP contribution in [0.15, 0.2) is 10.5 Å². The summed E-state index contributed by atoms with van der Waals surface area (Å²) in [6.45, 7) is 0. The van der Waals surface area contributed by atoms with Gasteiger partial charge in [-0.2, -0.15) is 0 Å². The van der Waals surface area contributed by atoms with Gasteiger partial charge in [0.2, 0.25) is 0 Å². The number of halogens is 3. The lowest BCUT2D eigenvalue weighted by atomic mass is 10.1. The van der Waals surface area contributed by atoms with Crippen molar-refractivity contribution in [2.75, 3.05) is 0 Å². The third kappa shape index (κ3) is 1.31. The van der Waals surface area contributed by atoms with Crippen molar-refractivity contribution in [3.8, 4) is 5.75 Å². The molecule has 5 heteroatoms. The Bertz CT molecular complexity index is 402. The van der Waals surface area contributed by atoms with Crippen molar-refractivity contribution >= 4 is 15.9 Å². The fourth-order valence-corrected chi connectivity index (χ4v) is 1.73. The van der Waals surface area contributed by atoms with Gasteiger partial charge in [-0.15, -0.1) is 0 Å². The molecule has 2 N–H and O–H groups in total. The molecule has 0 radical (unpaired) electrons. The number of hydrogen-bond donors (Lipinski definition) is 2. The molecule has 76 valence electrons. The Labute approximate surface area is 87.3 Å². The van der Waals surface area contributed by atoms with Gasteiger partial charge in [-0.3, -0.25) is 0 Å². The maximum atomic E-state index is 13.0. The van der Waals surface area contributed by atoms with Crippen LogP contribution in [-0.4, -0.2) is 10.2 Å². The average Bonchev–Trinajstić information content (AvgIpc) is 2.87. The van der Waals surface area contributed by atoms with Gasteiger partial charge in [0.05, 0.1) is 10.1 Å². The van der Waals surface area contributed by atoms with Crippen molar-refractivity contribution in [2.45, 2.75) is 18.4 Å². The zero-order valence-corrected chi connectivity index (χ0v) is 8.61. The summed E-state index contributed by atoms with van der Waals surface area (Å²) in [5, 5.41) is 19.1. The van der Waals surface area contributed by atoms with Crippen LogP contribution in [0.1, 0.15) is 18.4 Å². The molecule has 0 unspecified atom stereocenters. The number of aliphatic hydroxyl groups is 1. The van der Waals surface area contributed by atoms with Gasteiger partial charge in [-0.25, -0.2) is 8.78 Å². The molecule has 0 amide bonds. The van der Waals surface area contributed by atoms with Gasteiger partial charge in [0.25, 0.3) is 0 Å². The second-order valence-electron chi connectivity index (χ2n) is 3.41. The molecule has 2 nitrogen and oxygen atoms in total. The van der Waals surface area contributed by atoms with Crippen LogP contribution < -0.4 is 0 Å². The van der Waals surface area contributed by atoms with Crippen molar-refractivity contribution < 1.29 is 19.0 Å². The Kier molecular flexibility index (Phi) is 2.04. The second-order valence-corrected chi connectivity index (χ2v) is 4.21. The van der Waals surface area contributed by atoms with E-state index in [0.29, 0.717) is 12.8 Å². The van der Waals surface area contributed by atoms with Gasteiger partial charge in [-0.1, -0.05) is 0 Å². The van der Waals surface area contributed by atoms with Crippen molar-refractivity contribution in [1.82, 2.24) is 0 Å². The third-order valence-electron chi connectivity index (χ3n) is 2.36. The molecule has 1 aromatic carbocycles. The molecule has 0 atom stereocenters. The SMILES string of the molecule is Oc1c(C2(O)CC2)cc(F)c(F)c1Br. The van der Waals surface area contributed by atoms with E-state index in [1.807, 2.05) is 0 Å². The first-order chi connectivity index (χ1) is 6.46. The summed E-state index contributed by atoms with van der Waals surface area (Å²) in [5.41, 5.74) is -1.13. The van der Waals surface area contributed by atoms with Gasteiger partial charge in [-0.05, 0) is 34.8 Å². The molecule has 1 aliphatic carbocycles. The number of phenols is 1. The monoisotopic (exact) mass is 264 g/mol. The van der Waals surface area contributed by atoms with E-state index in [9.17, 15) is 19.0 Å². The Hall–Kier alpha value is -0.680. The van der Waals surface area contributed by atoms with Crippen molar-refractivity contribution in [3.63, 3.8) is 0 Å². The number of rotatable bonds is 1. The van der Waals surface area contributed by atoms with E-state index in [1.165, 1.54) is 0 Å². The molecular weight excluding hydrogens is 258 g/mol. The number of benzene rings is 1. The number of aromatic hydroxyl groups is 1. The van der Waals surface area contributed by atoms with E-state index in [0.717, 1.165) is 6.07 Å². The summed E-state index contributed by atoms with van der Waals surface area (Å²) in [6.07, 6.45) is 0.913. The molecular formula is C9H7BrF2O2. The highest BCUT2D eigenvalue weighted by Gasteiger charge is 2.45. The average molecular weight is 265 g/mol. The molecule has 0 aromatic heterocycles. The predicted octanol–water partition coefficient (Wildman–Crippen LogP) is 2.41. The van der Waals surface area contributed by atoms with Crippen molar-refractivity contribution in [1.29, 1.82) is 0 Å². The zero-order valence-electron chi connectivity index (χ0n) is 7.02. The van der Waals surface area contributed by atoms with E-state index >= 15 is 0 Å². The fourth-order valence-electron chi connectivity index (χ4n) is 1.33. The standard InChI is InChI=1S/C9H7BrF2O2/c10-6-7(12)5(11)3-4(8(6)13)9(14)1-2-9/h3,13-14H,1-2H2. The molecule has 1 aliphatic rings. The van der Waals surface area contributed by atoms with Gasteiger partial charge in [0.1, 0.15) is 5.75 Å².